The number of aldehydes is 1. The number of hydrogen-bond acceptors (Lipinski definition) is 8. The van der Waals surface area contributed by atoms with Gasteiger partial charge in [-0.05, 0) is 81.6 Å². The molecule has 1 atom stereocenters. The minimum Gasteiger partial charge on any atom is -0.469 e. The number of hydrogen-bond donors (Lipinski definition) is 1. The van der Waals surface area contributed by atoms with E-state index in [0.29, 0.717) is 5.56 Å². The first-order valence-corrected chi connectivity index (χ1v) is 16.0. The van der Waals surface area contributed by atoms with E-state index in [1.807, 2.05) is 58.2 Å². The van der Waals surface area contributed by atoms with E-state index in [1.165, 1.54) is 23.8 Å². The molecule has 0 aliphatic carbocycles. The molecule has 0 radical (unpaired) electrons. The normalized spacial score (nSPS) is 14.4. The summed E-state index contributed by atoms with van der Waals surface area (Å²) in [6, 6.07) is 22.4. The third-order valence-electron chi connectivity index (χ3n) is 8.23. The van der Waals surface area contributed by atoms with Crippen LogP contribution in [0.5, 0.6) is 0 Å². The van der Waals surface area contributed by atoms with Crippen LogP contribution in [0.2, 0.25) is 5.02 Å². The summed E-state index contributed by atoms with van der Waals surface area (Å²) in [7, 11) is 3.21. The number of benzene rings is 3. The van der Waals surface area contributed by atoms with Gasteiger partial charge in [-0.15, -0.1) is 0 Å². The minimum atomic E-state index is -0.712. The number of carbonyl (C=O) groups is 3. The van der Waals surface area contributed by atoms with E-state index in [0.717, 1.165) is 55.4 Å². The fourth-order valence-electron chi connectivity index (χ4n) is 5.05. The van der Waals surface area contributed by atoms with Crippen molar-refractivity contribution in [3.05, 3.63) is 82.9 Å². The Hall–Kier alpha value is -3.88. The average Bonchev–Trinajstić information content (AvgIpc) is 3.04. The summed E-state index contributed by atoms with van der Waals surface area (Å²) in [6.07, 6.45) is 0.761. The summed E-state index contributed by atoms with van der Waals surface area (Å²) in [6.45, 7) is 15.4. The molecule has 1 unspecified atom stereocenters. The summed E-state index contributed by atoms with van der Waals surface area (Å²) >= 11 is 6.09. The fraction of sp³-hybridized carbons (Fsp3) is 0.432. The summed E-state index contributed by atoms with van der Waals surface area (Å²) in [5.74, 6) is -0.961. The lowest BCUT2D eigenvalue weighted by Gasteiger charge is -2.37. The van der Waals surface area contributed by atoms with Crippen molar-refractivity contribution in [2.75, 3.05) is 50.6 Å². The van der Waals surface area contributed by atoms with Gasteiger partial charge in [0.25, 0.3) is 0 Å². The maximum Gasteiger partial charge on any atom is 0.338 e. The van der Waals surface area contributed by atoms with E-state index in [2.05, 4.69) is 56.3 Å². The predicted molar refractivity (Wildman–Crippen MR) is 187 cm³/mol. The van der Waals surface area contributed by atoms with Gasteiger partial charge in [0.1, 0.15) is 11.9 Å². The molecule has 1 N–H and O–H groups in total. The maximum atomic E-state index is 12.5. The molecule has 3 aromatic rings. The number of piperazine rings is 1. The minimum absolute atomic E-state index is 0.301. The highest BCUT2D eigenvalue weighted by molar-refractivity contribution is 6.30. The van der Waals surface area contributed by atoms with Gasteiger partial charge in [0.15, 0.2) is 0 Å². The first kappa shape index (κ1) is 36.6. The Bertz CT molecular complexity index is 1480. The number of rotatable bonds is 9. The third kappa shape index (κ3) is 9.81. The zero-order valence-corrected chi connectivity index (χ0v) is 29.1. The number of anilines is 2. The summed E-state index contributed by atoms with van der Waals surface area (Å²) in [4.78, 5) is 38.8. The molecule has 3 aromatic carbocycles. The van der Waals surface area contributed by atoms with Crippen LogP contribution >= 0.6 is 11.6 Å². The molecule has 248 valence electrons. The second kappa shape index (κ2) is 16.1. The van der Waals surface area contributed by atoms with Crippen molar-refractivity contribution in [1.82, 2.24) is 4.90 Å². The molecule has 1 fully saturated rings. The topological polar surface area (TPSA) is 88.2 Å². The van der Waals surface area contributed by atoms with Crippen molar-refractivity contribution in [3.63, 3.8) is 0 Å². The molecule has 1 aliphatic rings. The lowest BCUT2D eigenvalue weighted by atomic mass is 9.81. The van der Waals surface area contributed by atoms with E-state index >= 15 is 0 Å². The first-order valence-electron chi connectivity index (χ1n) is 15.6. The molecule has 4 rings (SSSR count). The molecule has 0 spiro atoms. The number of carbonyl (C=O) groups excluding carboxylic acids is 3. The maximum absolute atomic E-state index is 12.5. The van der Waals surface area contributed by atoms with Crippen LogP contribution in [0.4, 0.5) is 11.4 Å². The van der Waals surface area contributed by atoms with Gasteiger partial charge in [0.05, 0.1) is 29.5 Å². The van der Waals surface area contributed by atoms with Crippen LogP contribution < -0.4 is 10.2 Å². The van der Waals surface area contributed by atoms with E-state index < -0.39 is 11.0 Å². The smallest absolute Gasteiger partial charge is 0.338 e. The lowest BCUT2D eigenvalue weighted by Crippen LogP contribution is -2.46. The number of nitrogens with zero attached hydrogens (tertiary/aromatic N) is 2. The van der Waals surface area contributed by atoms with Crippen LogP contribution in [-0.2, 0) is 25.6 Å². The number of esters is 2. The van der Waals surface area contributed by atoms with E-state index in [4.69, 9.17) is 16.3 Å². The summed E-state index contributed by atoms with van der Waals surface area (Å²) in [5.41, 5.74) is 5.14. The molecular weight excluding hydrogens is 602 g/mol. The molecular formula is C37H48ClN3O5. The second-order valence-electron chi connectivity index (χ2n) is 13.0. The molecule has 1 heterocycles. The molecule has 1 saturated heterocycles. The molecule has 0 bridgehead atoms. The lowest BCUT2D eigenvalue weighted by molar-refractivity contribution is -0.154. The molecule has 46 heavy (non-hydrogen) atoms. The molecule has 1 aliphatic heterocycles. The van der Waals surface area contributed by atoms with Gasteiger partial charge >= 0.3 is 11.9 Å². The van der Waals surface area contributed by atoms with Crippen molar-refractivity contribution in [3.8, 4) is 11.1 Å². The molecule has 8 nitrogen and oxygen atoms in total. The predicted octanol–water partition coefficient (Wildman–Crippen LogP) is 7.35. The Morgan fingerprint density at radius 1 is 0.957 bits per heavy atom. The molecule has 0 amide bonds. The van der Waals surface area contributed by atoms with Gasteiger partial charge in [0.2, 0.25) is 0 Å². The van der Waals surface area contributed by atoms with Crippen LogP contribution in [0, 0.1) is 11.3 Å². The molecule has 0 aromatic heterocycles. The number of ether oxygens (including phenoxy) is 2. The largest absolute Gasteiger partial charge is 0.469 e. The second-order valence-corrected chi connectivity index (χ2v) is 13.5. The van der Waals surface area contributed by atoms with Crippen molar-refractivity contribution in [2.24, 2.45) is 11.3 Å². The Morgan fingerprint density at radius 2 is 1.59 bits per heavy atom. The van der Waals surface area contributed by atoms with E-state index in [-0.39, 0.29) is 17.9 Å². The summed E-state index contributed by atoms with van der Waals surface area (Å²) < 4.78 is 10.1. The Kier molecular flexibility index (Phi) is 12.8. The standard InChI is InChI=1S/C29H34ClN3O2.C8H14O3/c1-29(2,3)35-28(34)22-11-14-27(26(19-22)31-4)33-17-15-32(16-18-33)20-23-7-5-6-8-25(23)21-9-12-24(30)13-10-21;1-6(5-9)8(2,3)7(10)11-4/h5-14,19,31H,15-18,20H2,1-4H3;5-6H,1-4H3. The highest BCUT2D eigenvalue weighted by atomic mass is 35.5. The number of nitrogens with one attached hydrogen (secondary N) is 1. The average molecular weight is 650 g/mol. The number of halogens is 1. The zero-order valence-electron chi connectivity index (χ0n) is 28.4. The quantitative estimate of drug-likeness (QED) is 0.190. The van der Waals surface area contributed by atoms with Crippen LogP contribution in [0.3, 0.4) is 0 Å². The molecule has 9 heteroatoms. The van der Waals surface area contributed by atoms with Crippen molar-refractivity contribution in [1.29, 1.82) is 0 Å². The van der Waals surface area contributed by atoms with Crippen LogP contribution in [0.25, 0.3) is 11.1 Å². The van der Waals surface area contributed by atoms with Gasteiger partial charge < -0.3 is 24.5 Å². The van der Waals surface area contributed by atoms with Gasteiger partial charge in [0, 0.05) is 50.7 Å². The SMILES string of the molecule is CNc1cc(C(=O)OC(C)(C)C)ccc1N1CCN(Cc2ccccc2-c2ccc(Cl)cc2)CC1.COC(=O)C(C)(C)C(C)C=O. The first-order chi connectivity index (χ1) is 21.7. The van der Waals surface area contributed by atoms with Crippen LogP contribution in [0.15, 0.2) is 66.7 Å². The van der Waals surface area contributed by atoms with E-state index in [9.17, 15) is 14.4 Å². The Balaban J connectivity index is 0.000000449. The van der Waals surface area contributed by atoms with Crippen molar-refractivity contribution in [2.45, 2.75) is 53.7 Å². The van der Waals surface area contributed by atoms with Crippen LogP contribution in [0.1, 0.15) is 57.5 Å². The molecule has 0 saturated carbocycles. The van der Waals surface area contributed by atoms with E-state index in [1.54, 1.807) is 20.8 Å². The van der Waals surface area contributed by atoms with Crippen LogP contribution in [-0.4, -0.2) is 69.1 Å². The third-order valence-corrected chi connectivity index (χ3v) is 8.49. The fourth-order valence-corrected chi connectivity index (χ4v) is 5.18. The van der Waals surface area contributed by atoms with Gasteiger partial charge in [-0.1, -0.05) is 54.9 Å². The van der Waals surface area contributed by atoms with Gasteiger partial charge in [-0.25, -0.2) is 4.79 Å². The highest BCUT2D eigenvalue weighted by Crippen LogP contribution is 2.31. The highest BCUT2D eigenvalue weighted by Gasteiger charge is 2.34. The number of methoxy groups -OCH3 is 1. The Labute approximate surface area is 279 Å². The van der Waals surface area contributed by atoms with Gasteiger partial charge in [-0.3, -0.25) is 9.69 Å². The van der Waals surface area contributed by atoms with Crippen molar-refractivity contribution < 1.29 is 23.9 Å². The van der Waals surface area contributed by atoms with Crippen molar-refractivity contribution >= 4 is 41.2 Å². The monoisotopic (exact) mass is 649 g/mol. The van der Waals surface area contributed by atoms with Gasteiger partial charge in [-0.2, -0.15) is 0 Å². The zero-order chi connectivity index (χ0) is 34.1. The summed E-state index contributed by atoms with van der Waals surface area (Å²) in [5, 5.41) is 4.01. The Morgan fingerprint density at radius 3 is 2.15 bits per heavy atom.